The summed E-state index contributed by atoms with van der Waals surface area (Å²) >= 11 is 0. The minimum absolute atomic E-state index is 0.228. The van der Waals surface area contributed by atoms with Gasteiger partial charge in [0.05, 0.1) is 18.4 Å². The first-order valence-corrected chi connectivity index (χ1v) is 13.8. The minimum Gasteiger partial charge on any atom is -0.463 e. The molecule has 0 spiro atoms. The number of nitrogens with zero attached hydrogens (tertiary/aromatic N) is 1. The van der Waals surface area contributed by atoms with Gasteiger partial charge in [0.25, 0.3) is 10.1 Å². The van der Waals surface area contributed by atoms with Gasteiger partial charge >= 0.3 is 5.97 Å². The van der Waals surface area contributed by atoms with Crippen LogP contribution in [0.3, 0.4) is 0 Å². The van der Waals surface area contributed by atoms with Crippen LogP contribution in [0.25, 0.3) is 0 Å². The second-order valence-corrected chi connectivity index (χ2v) is 10.4. The summed E-state index contributed by atoms with van der Waals surface area (Å²) in [7, 11) is -3.73. The summed E-state index contributed by atoms with van der Waals surface area (Å²) in [6.07, 6.45) is 2.08. The van der Waals surface area contributed by atoms with Gasteiger partial charge in [-0.05, 0) is 35.6 Å². The summed E-state index contributed by atoms with van der Waals surface area (Å²) in [6.45, 7) is 2.82. The van der Waals surface area contributed by atoms with Gasteiger partial charge in [-0.3, -0.25) is 9.08 Å². The molecule has 4 rings (SSSR count). The standard InChI is InChI=1S/C29H31NO5S/c1-3-34-28(31)21-23-22-30(20-19-27(23)35-36(2,32)33)29(24-13-7-4-8-14-24,25-15-9-5-10-16-25)26-17-11-6-12-18-26/h4-18,21,27H,3,19-20,22H2,1-2H3/b23-21-. The molecular weight excluding hydrogens is 474 g/mol. The highest BCUT2D eigenvalue weighted by atomic mass is 32.2. The van der Waals surface area contributed by atoms with Gasteiger partial charge in [-0.1, -0.05) is 91.0 Å². The molecule has 0 bridgehead atoms. The van der Waals surface area contributed by atoms with Crippen LogP contribution in [0.15, 0.2) is 103 Å². The van der Waals surface area contributed by atoms with E-state index in [0.29, 0.717) is 25.1 Å². The van der Waals surface area contributed by atoms with Crippen molar-refractivity contribution in [3.05, 3.63) is 119 Å². The molecule has 0 saturated carbocycles. The van der Waals surface area contributed by atoms with Crippen molar-refractivity contribution in [3.63, 3.8) is 0 Å². The largest absolute Gasteiger partial charge is 0.463 e. The molecule has 1 unspecified atom stereocenters. The number of likely N-dealkylation sites (tertiary alicyclic amines) is 1. The Balaban J connectivity index is 1.90. The molecule has 3 aromatic rings. The second-order valence-electron chi connectivity index (χ2n) is 8.78. The molecule has 0 aliphatic carbocycles. The first-order chi connectivity index (χ1) is 17.3. The number of piperidine rings is 1. The third kappa shape index (κ3) is 5.59. The average Bonchev–Trinajstić information content (AvgIpc) is 2.87. The molecule has 0 N–H and O–H groups in total. The van der Waals surface area contributed by atoms with Gasteiger partial charge in [0.1, 0.15) is 6.10 Å². The van der Waals surface area contributed by atoms with Crippen LogP contribution >= 0.6 is 0 Å². The number of ether oxygens (including phenoxy) is 1. The van der Waals surface area contributed by atoms with Gasteiger partial charge in [0.2, 0.25) is 0 Å². The summed E-state index contributed by atoms with van der Waals surface area (Å²) < 4.78 is 34.6. The minimum atomic E-state index is -3.73. The highest BCUT2D eigenvalue weighted by Gasteiger charge is 2.45. The maximum atomic E-state index is 12.5. The van der Waals surface area contributed by atoms with Crippen LogP contribution in [0, 0.1) is 0 Å². The van der Waals surface area contributed by atoms with Crippen LogP contribution in [0.4, 0.5) is 0 Å². The van der Waals surface area contributed by atoms with Crippen molar-refractivity contribution < 1.29 is 22.1 Å². The van der Waals surface area contributed by atoms with Gasteiger partial charge in [0, 0.05) is 19.2 Å². The van der Waals surface area contributed by atoms with E-state index in [9.17, 15) is 13.2 Å². The molecule has 1 atom stereocenters. The Hall–Kier alpha value is -3.26. The van der Waals surface area contributed by atoms with Gasteiger partial charge < -0.3 is 4.74 Å². The Kier molecular flexibility index (Phi) is 8.04. The highest BCUT2D eigenvalue weighted by Crippen LogP contribution is 2.44. The summed E-state index contributed by atoms with van der Waals surface area (Å²) in [6, 6.07) is 30.7. The molecule has 7 heteroatoms. The number of rotatable bonds is 8. The molecule has 1 heterocycles. The van der Waals surface area contributed by atoms with E-state index in [-0.39, 0.29) is 6.61 Å². The monoisotopic (exact) mass is 505 g/mol. The topological polar surface area (TPSA) is 72.9 Å². The Morgan fingerprint density at radius 3 is 1.81 bits per heavy atom. The van der Waals surface area contributed by atoms with Gasteiger partial charge in [-0.15, -0.1) is 0 Å². The van der Waals surface area contributed by atoms with E-state index in [0.717, 1.165) is 22.9 Å². The number of hydrogen-bond acceptors (Lipinski definition) is 6. The first kappa shape index (κ1) is 25.8. The smallest absolute Gasteiger partial charge is 0.330 e. The van der Waals surface area contributed by atoms with Gasteiger partial charge in [-0.2, -0.15) is 8.42 Å². The Bertz CT molecular complexity index is 1190. The van der Waals surface area contributed by atoms with Crippen LogP contribution in [-0.4, -0.2) is 51.3 Å². The first-order valence-electron chi connectivity index (χ1n) is 12.0. The predicted molar refractivity (Wildman–Crippen MR) is 140 cm³/mol. The number of carbonyl (C=O) groups excluding carboxylic acids is 1. The third-order valence-electron chi connectivity index (χ3n) is 6.38. The SMILES string of the molecule is CCOC(=O)/C=C1/CN(C(c2ccccc2)(c2ccccc2)c2ccccc2)CCC1OS(C)(=O)=O. The molecule has 0 radical (unpaired) electrons. The molecule has 1 aliphatic rings. The van der Waals surface area contributed by atoms with Crippen LogP contribution in [0.2, 0.25) is 0 Å². The lowest BCUT2D eigenvalue weighted by Crippen LogP contribution is -2.53. The van der Waals surface area contributed by atoms with Crippen LogP contribution in [0.1, 0.15) is 30.0 Å². The zero-order chi connectivity index (χ0) is 25.6. The third-order valence-corrected chi connectivity index (χ3v) is 6.96. The maximum Gasteiger partial charge on any atom is 0.330 e. The maximum absolute atomic E-state index is 12.5. The molecule has 1 fully saturated rings. The van der Waals surface area contributed by atoms with E-state index >= 15 is 0 Å². The molecule has 1 saturated heterocycles. The van der Waals surface area contributed by atoms with Crippen LogP contribution in [0.5, 0.6) is 0 Å². The predicted octanol–water partition coefficient (Wildman–Crippen LogP) is 4.52. The van der Waals surface area contributed by atoms with E-state index in [1.54, 1.807) is 6.92 Å². The zero-order valence-corrected chi connectivity index (χ0v) is 21.4. The molecule has 6 nitrogen and oxygen atoms in total. The molecule has 1 aliphatic heterocycles. The Morgan fingerprint density at radius 2 is 1.39 bits per heavy atom. The van der Waals surface area contributed by atoms with Crippen LogP contribution < -0.4 is 0 Å². The normalized spacial score (nSPS) is 18.2. The Morgan fingerprint density at radius 1 is 0.917 bits per heavy atom. The van der Waals surface area contributed by atoms with E-state index in [1.807, 2.05) is 54.6 Å². The van der Waals surface area contributed by atoms with Crippen molar-refractivity contribution in [2.75, 3.05) is 26.0 Å². The summed E-state index contributed by atoms with van der Waals surface area (Å²) in [5.74, 6) is -0.513. The van der Waals surface area contributed by atoms with E-state index in [4.69, 9.17) is 8.92 Å². The molecule has 188 valence electrons. The van der Waals surface area contributed by atoms with Crippen molar-refractivity contribution in [2.45, 2.75) is 25.0 Å². The van der Waals surface area contributed by atoms with Crippen molar-refractivity contribution in [1.29, 1.82) is 0 Å². The molecule has 36 heavy (non-hydrogen) atoms. The lowest BCUT2D eigenvalue weighted by atomic mass is 9.74. The molecular formula is C29H31NO5S. The fourth-order valence-electron chi connectivity index (χ4n) is 5.03. The molecule has 3 aromatic carbocycles. The van der Waals surface area contributed by atoms with E-state index in [1.165, 1.54) is 6.08 Å². The van der Waals surface area contributed by atoms with Crippen molar-refractivity contribution in [1.82, 2.24) is 4.90 Å². The van der Waals surface area contributed by atoms with Crippen LogP contribution in [-0.2, 0) is 29.4 Å². The average molecular weight is 506 g/mol. The lowest BCUT2D eigenvalue weighted by Gasteiger charge is -2.48. The fourth-order valence-corrected chi connectivity index (χ4v) is 5.67. The summed E-state index contributed by atoms with van der Waals surface area (Å²) in [4.78, 5) is 14.8. The highest BCUT2D eigenvalue weighted by molar-refractivity contribution is 7.86. The number of carbonyl (C=O) groups is 1. The molecule has 0 aromatic heterocycles. The molecule has 0 amide bonds. The van der Waals surface area contributed by atoms with Crippen molar-refractivity contribution in [3.8, 4) is 0 Å². The number of hydrogen-bond donors (Lipinski definition) is 0. The fraction of sp³-hybridized carbons (Fsp3) is 0.276. The van der Waals surface area contributed by atoms with E-state index < -0.39 is 27.7 Å². The Labute approximate surface area is 213 Å². The summed E-state index contributed by atoms with van der Waals surface area (Å²) in [5, 5.41) is 0. The zero-order valence-electron chi connectivity index (χ0n) is 20.5. The number of benzene rings is 3. The number of esters is 1. The van der Waals surface area contributed by atoms with E-state index in [2.05, 4.69) is 41.3 Å². The summed E-state index contributed by atoms with van der Waals surface area (Å²) in [5.41, 5.74) is 3.09. The van der Waals surface area contributed by atoms with Gasteiger partial charge in [-0.25, -0.2) is 4.79 Å². The van der Waals surface area contributed by atoms with Gasteiger partial charge in [0.15, 0.2) is 0 Å². The lowest BCUT2D eigenvalue weighted by molar-refractivity contribution is -0.137. The van der Waals surface area contributed by atoms with Crippen molar-refractivity contribution >= 4 is 16.1 Å². The second kappa shape index (κ2) is 11.2. The quantitative estimate of drug-likeness (QED) is 0.194. The van der Waals surface area contributed by atoms with Crippen molar-refractivity contribution in [2.24, 2.45) is 0 Å².